The number of carbonyl (C=O) groups is 3. The van der Waals surface area contributed by atoms with Crippen LogP contribution in [0.3, 0.4) is 0 Å². The first kappa shape index (κ1) is 16.5. The van der Waals surface area contributed by atoms with E-state index in [-0.39, 0.29) is 13.0 Å². The summed E-state index contributed by atoms with van der Waals surface area (Å²) in [4.78, 5) is 34.1. The van der Waals surface area contributed by atoms with Crippen LogP contribution < -0.4 is 10.6 Å². The number of carboxylic acid groups (broad SMARTS) is 1. The van der Waals surface area contributed by atoms with Crippen LogP contribution in [0.15, 0.2) is 24.3 Å². The lowest BCUT2D eigenvalue weighted by Gasteiger charge is -2.12. The molecule has 0 heterocycles. The van der Waals surface area contributed by atoms with Crippen LogP contribution in [0.2, 0.25) is 5.02 Å². The highest BCUT2D eigenvalue weighted by atomic mass is 35.5. The minimum absolute atomic E-state index is 0.133. The van der Waals surface area contributed by atoms with E-state index in [4.69, 9.17) is 23.1 Å². The van der Waals surface area contributed by atoms with Gasteiger partial charge < -0.3 is 15.7 Å². The standard InChI is InChI=1S/C14H13ClN2O4/c1-2-3-11(14(20)21)17-12(18)8-16-13(19)9-4-6-10(15)7-5-9/h1,4-7,11H,3,8H2,(H,16,19)(H,17,18)(H,20,21). The largest absolute Gasteiger partial charge is 0.480 e. The molecule has 1 unspecified atom stereocenters. The molecule has 0 aliphatic rings. The third kappa shape index (κ3) is 5.55. The van der Waals surface area contributed by atoms with Gasteiger partial charge in [0.1, 0.15) is 6.04 Å². The van der Waals surface area contributed by atoms with E-state index in [0.29, 0.717) is 10.6 Å². The second-order valence-corrected chi connectivity index (χ2v) is 4.49. The summed E-state index contributed by atoms with van der Waals surface area (Å²) < 4.78 is 0. The second-order valence-electron chi connectivity index (χ2n) is 4.06. The van der Waals surface area contributed by atoms with Crippen molar-refractivity contribution >= 4 is 29.4 Å². The van der Waals surface area contributed by atoms with Crippen LogP contribution >= 0.6 is 11.6 Å². The number of terminal acetylenes is 1. The number of hydrogen-bond donors (Lipinski definition) is 3. The molecule has 0 aliphatic heterocycles. The Morgan fingerprint density at radius 1 is 1.29 bits per heavy atom. The van der Waals surface area contributed by atoms with Crippen molar-refractivity contribution in [3.63, 3.8) is 0 Å². The zero-order valence-electron chi connectivity index (χ0n) is 10.9. The van der Waals surface area contributed by atoms with Crippen molar-refractivity contribution in [2.45, 2.75) is 12.5 Å². The minimum Gasteiger partial charge on any atom is -0.480 e. The highest BCUT2D eigenvalue weighted by molar-refractivity contribution is 6.30. The van der Waals surface area contributed by atoms with E-state index in [1.807, 2.05) is 0 Å². The van der Waals surface area contributed by atoms with Gasteiger partial charge in [-0.1, -0.05) is 11.6 Å². The maximum atomic E-state index is 11.7. The van der Waals surface area contributed by atoms with Crippen LogP contribution in [0, 0.1) is 12.3 Å². The summed E-state index contributed by atoms with van der Waals surface area (Å²) in [5.41, 5.74) is 0.339. The lowest BCUT2D eigenvalue weighted by Crippen LogP contribution is -2.45. The first-order valence-electron chi connectivity index (χ1n) is 5.93. The van der Waals surface area contributed by atoms with Crippen molar-refractivity contribution in [3.05, 3.63) is 34.9 Å². The number of hydrogen-bond acceptors (Lipinski definition) is 3. The molecule has 7 heteroatoms. The third-order valence-electron chi connectivity index (χ3n) is 2.47. The first-order valence-corrected chi connectivity index (χ1v) is 6.31. The molecule has 0 aromatic heterocycles. The van der Waals surface area contributed by atoms with Gasteiger partial charge in [-0.25, -0.2) is 4.79 Å². The van der Waals surface area contributed by atoms with E-state index >= 15 is 0 Å². The number of nitrogens with one attached hydrogen (secondary N) is 2. The Labute approximate surface area is 126 Å². The van der Waals surface area contributed by atoms with Crippen LogP contribution in [0.4, 0.5) is 0 Å². The lowest BCUT2D eigenvalue weighted by molar-refractivity contribution is -0.141. The minimum atomic E-state index is -1.23. The molecule has 0 fully saturated rings. The molecule has 0 saturated heterocycles. The molecule has 1 aromatic rings. The Hall–Kier alpha value is -2.52. The van der Waals surface area contributed by atoms with Crippen LogP contribution in [0.1, 0.15) is 16.8 Å². The maximum Gasteiger partial charge on any atom is 0.327 e. The summed E-state index contributed by atoms with van der Waals surface area (Å²) >= 11 is 5.69. The van der Waals surface area contributed by atoms with Gasteiger partial charge in [-0.2, -0.15) is 0 Å². The van der Waals surface area contributed by atoms with E-state index in [1.165, 1.54) is 12.1 Å². The van der Waals surface area contributed by atoms with Crippen molar-refractivity contribution in [2.24, 2.45) is 0 Å². The molecule has 6 nitrogen and oxygen atoms in total. The van der Waals surface area contributed by atoms with E-state index in [0.717, 1.165) is 0 Å². The number of carbonyl (C=O) groups excluding carboxylic acids is 2. The highest BCUT2D eigenvalue weighted by Crippen LogP contribution is 2.09. The summed E-state index contributed by atoms with van der Waals surface area (Å²) in [5.74, 6) is -0.182. The molecule has 1 atom stereocenters. The summed E-state index contributed by atoms with van der Waals surface area (Å²) in [6.45, 7) is -0.351. The summed E-state index contributed by atoms with van der Waals surface area (Å²) in [6, 6.07) is 4.94. The Morgan fingerprint density at radius 2 is 1.90 bits per heavy atom. The number of carboxylic acids is 1. The smallest absolute Gasteiger partial charge is 0.327 e. The fraction of sp³-hybridized carbons (Fsp3) is 0.214. The van der Waals surface area contributed by atoms with Gasteiger partial charge in [0, 0.05) is 17.0 Å². The van der Waals surface area contributed by atoms with E-state index in [2.05, 4.69) is 16.6 Å². The van der Waals surface area contributed by atoms with Gasteiger partial charge in [-0.05, 0) is 24.3 Å². The van der Waals surface area contributed by atoms with Gasteiger partial charge in [-0.3, -0.25) is 9.59 Å². The maximum absolute atomic E-state index is 11.7. The molecule has 21 heavy (non-hydrogen) atoms. The molecular formula is C14H13ClN2O4. The van der Waals surface area contributed by atoms with E-state index < -0.39 is 23.8 Å². The first-order chi connectivity index (χ1) is 9.93. The zero-order valence-corrected chi connectivity index (χ0v) is 11.7. The molecule has 0 bridgehead atoms. The number of amides is 2. The molecule has 0 saturated carbocycles. The molecular weight excluding hydrogens is 296 g/mol. The molecule has 0 radical (unpaired) electrons. The van der Waals surface area contributed by atoms with Gasteiger partial charge in [0.05, 0.1) is 6.54 Å². The molecule has 0 aliphatic carbocycles. The van der Waals surface area contributed by atoms with Gasteiger partial charge in [-0.15, -0.1) is 12.3 Å². The predicted octanol–water partition coefficient (Wildman–Crippen LogP) is 0.662. The Bertz CT molecular complexity index is 578. The average molecular weight is 309 g/mol. The van der Waals surface area contributed by atoms with Crippen molar-refractivity contribution in [1.82, 2.24) is 10.6 Å². The average Bonchev–Trinajstić information content (AvgIpc) is 2.45. The Balaban J connectivity index is 2.49. The quantitative estimate of drug-likeness (QED) is 0.673. The molecule has 0 spiro atoms. The fourth-order valence-corrected chi connectivity index (χ4v) is 1.55. The number of benzene rings is 1. The van der Waals surface area contributed by atoms with Gasteiger partial charge in [0.25, 0.3) is 5.91 Å². The molecule has 1 rings (SSSR count). The van der Waals surface area contributed by atoms with Crippen molar-refractivity contribution in [2.75, 3.05) is 6.54 Å². The van der Waals surface area contributed by atoms with Gasteiger partial charge >= 0.3 is 5.97 Å². The van der Waals surface area contributed by atoms with Crippen LogP contribution in [-0.4, -0.2) is 35.5 Å². The summed E-state index contributed by atoms with van der Waals surface area (Å²) in [5, 5.41) is 13.9. The monoisotopic (exact) mass is 308 g/mol. The molecule has 110 valence electrons. The Morgan fingerprint density at radius 3 is 2.43 bits per heavy atom. The predicted molar refractivity (Wildman–Crippen MR) is 76.8 cm³/mol. The van der Waals surface area contributed by atoms with Crippen LogP contribution in [0.5, 0.6) is 0 Å². The third-order valence-corrected chi connectivity index (χ3v) is 2.72. The number of rotatable bonds is 6. The summed E-state index contributed by atoms with van der Waals surface area (Å²) in [7, 11) is 0. The molecule has 1 aromatic carbocycles. The Kier molecular flexibility index (Phi) is 6.24. The molecule has 3 N–H and O–H groups in total. The SMILES string of the molecule is C#CCC(NC(=O)CNC(=O)c1ccc(Cl)cc1)C(=O)O. The topological polar surface area (TPSA) is 95.5 Å². The van der Waals surface area contributed by atoms with Gasteiger partial charge in [0.15, 0.2) is 0 Å². The highest BCUT2D eigenvalue weighted by Gasteiger charge is 2.18. The normalized spacial score (nSPS) is 11.0. The second kappa shape index (κ2) is 7.92. The van der Waals surface area contributed by atoms with Crippen molar-refractivity contribution in [3.8, 4) is 12.3 Å². The van der Waals surface area contributed by atoms with E-state index in [9.17, 15) is 14.4 Å². The number of halogens is 1. The lowest BCUT2D eigenvalue weighted by atomic mass is 10.2. The zero-order chi connectivity index (χ0) is 15.8. The molecule has 2 amide bonds. The van der Waals surface area contributed by atoms with E-state index in [1.54, 1.807) is 12.1 Å². The summed E-state index contributed by atoms with van der Waals surface area (Å²) in [6.07, 6.45) is 4.88. The fourth-order valence-electron chi connectivity index (χ4n) is 1.43. The number of aliphatic carboxylic acids is 1. The van der Waals surface area contributed by atoms with Crippen molar-refractivity contribution < 1.29 is 19.5 Å². The van der Waals surface area contributed by atoms with Crippen LogP contribution in [-0.2, 0) is 9.59 Å². The van der Waals surface area contributed by atoms with Gasteiger partial charge in [0.2, 0.25) is 5.91 Å². The van der Waals surface area contributed by atoms with Crippen LogP contribution in [0.25, 0.3) is 0 Å². The van der Waals surface area contributed by atoms with Crippen molar-refractivity contribution in [1.29, 1.82) is 0 Å².